The Morgan fingerprint density at radius 1 is 1.21 bits per heavy atom. The third-order valence-electron chi connectivity index (χ3n) is 3.25. The normalized spacial score (nSPS) is 13.8. The van der Waals surface area contributed by atoms with Crippen LogP contribution in [-0.4, -0.2) is 46.6 Å². The minimum absolute atomic E-state index is 0.111. The van der Waals surface area contributed by atoms with E-state index in [-0.39, 0.29) is 12.3 Å². The quantitative estimate of drug-likeness (QED) is 0.223. The number of amides is 1. The molecule has 0 aliphatic heterocycles. The highest BCUT2D eigenvalue weighted by Gasteiger charge is 2.21. The average Bonchev–Trinajstić information content (AvgIpc) is 2.46. The molecule has 2 atom stereocenters. The zero-order valence-corrected chi connectivity index (χ0v) is 13.8. The van der Waals surface area contributed by atoms with Crippen molar-refractivity contribution >= 4 is 23.8 Å². The lowest BCUT2D eigenvalue weighted by Crippen LogP contribution is -2.43. The van der Waals surface area contributed by atoms with Gasteiger partial charge in [-0.3, -0.25) is 9.59 Å². The van der Waals surface area contributed by atoms with Gasteiger partial charge in [0, 0.05) is 6.42 Å². The summed E-state index contributed by atoms with van der Waals surface area (Å²) < 4.78 is 4.60. The van der Waals surface area contributed by atoms with E-state index in [1.165, 1.54) is 0 Å². The van der Waals surface area contributed by atoms with E-state index in [4.69, 9.17) is 15.9 Å². The van der Waals surface area contributed by atoms with Crippen molar-refractivity contribution in [2.45, 2.75) is 45.6 Å². The predicted octanol–water partition coefficient (Wildman–Crippen LogP) is 0.243. The smallest absolute Gasteiger partial charge is 0.372 e. The molecule has 0 aliphatic rings. The van der Waals surface area contributed by atoms with Crippen molar-refractivity contribution in [1.82, 2.24) is 5.32 Å². The Kier molecular flexibility index (Phi) is 10.0. The number of rotatable bonds is 12. The number of aliphatic carboxylic acids is 2. The first-order valence-corrected chi connectivity index (χ1v) is 7.62. The first-order chi connectivity index (χ1) is 11.2. The molecule has 0 aromatic heterocycles. The Hall–Kier alpha value is -2.42. The molecular weight excluding hydrogens is 320 g/mol. The summed E-state index contributed by atoms with van der Waals surface area (Å²) in [6.07, 6.45) is 2.11. The van der Waals surface area contributed by atoms with E-state index < -0.39 is 35.6 Å². The largest absolute Gasteiger partial charge is 0.478 e. The van der Waals surface area contributed by atoms with Gasteiger partial charge in [-0.2, -0.15) is 0 Å². The van der Waals surface area contributed by atoms with E-state index in [0.717, 1.165) is 6.42 Å². The molecule has 0 aromatic carbocycles. The number of hydrogen-bond donors (Lipinski definition) is 4. The molecule has 0 saturated carbocycles. The van der Waals surface area contributed by atoms with Crippen LogP contribution in [-0.2, 0) is 23.9 Å². The van der Waals surface area contributed by atoms with E-state index in [1.807, 2.05) is 6.92 Å². The van der Waals surface area contributed by atoms with E-state index in [9.17, 15) is 19.2 Å². The molecule has 136 valence electrons. The van der Waals surface area contributed by atoms with Crippen LogP contribution in [0, 0.1) is 5.92 Å². The van der Waals surface area contributed by atoms with Gasteiger partial charge in [-0.05, 0) is 25.3 Å². The molecule has 0 saturated heterocycles. The molecule has 0 bridgehead atoms. The second kappa shape index (κ2) is 11.2. The number of carboxylic acids is 2. The van der Waals surface area contributed by atoms with Gasteiger partial charge < -0.3 is 26.0 Å². The molecule has 0 fully saturated rings. The van der Waals surface area contributed by atoms with Crippen molar-refractivity contribution in [3.8, 4) is 0 Å². The summed E-state index contributed by atoms with van der Waals surface area (Å²) in [5.74, 6) is -5.66. The number of carbonyl (C=O) groups is 4. The first-order valence-electron chi connectivity index (χ1n) is 7.62. The molecule has 9 heteroatoms. The van der Waals surface area contributed by atoms with Crippen molar-refractivity contribution in [1.29, 1.82) is 0 Å². The number of carbonyl (C=O) groups excluding carboxylic acids is 2. The molecule has 0 radical (unpaired) electrons. The fourth-order valence-corrected chi connectivity index (χ4v) is 2.09. The zero-order valence-electron chi connectivity index (χ0n) is 13.8. The number of carboxylic acid groups (broad SMARTS) is 2. The maximum absolute atomic E-state index is 11.8. The number of nitrogens with two attached hydrogens (primary N) is 1. The van der Waals surface area contributed by atoms with Crippen molar-refractivity contribution in [3.05, 3.63) is 11.8 Å². The van der Waals surface area contributed by atoms with Crippen LogP contribution in [0.1, 0.15) is 39.5 Å². The number of nitrogens with one attached hydrogen (secondary N) is 1. The van der Waals surface area contributed by atoms with Crippen LogP contribution in [0.25, 0.3) is 0 Å². The Balaban J connectivity index is 4.75. The molecule has 0 heterocycles. The molecule has 1 amide bonds. The predicted molar refractivity (Wildman–Crippen MR) is 83.7 cm³/mol. The van der Waals surface area contributed by atoms with Crippen LogP contribution in [0.4, 0.5) is 0 Å². The lowest BCUT2D eigenvalue weighted by molar-refractivity contribution is -0.149. The number of esters is 1. The number of primary amides is 1. The highest BCUT2D eigenvalue weighted by atomic mass is 16.6. The molecule has 0 rings (SSSR count). The summed E-state index contributed by atoms with van der Waals surface area (Å²) in [5.41, 5.74) is 5.23. The van der Waals surface area contributed by atoms with Crippen LogP contribution in [0.5, 0.6) is 0 Å². The molecule has 9 nitrogen and oxygen atoms in total. The third kappa shape index (κ3) is 8.89. The molecule has 0 aliphatic carbocycles. The highest BCUT2D eigenvalue weighted by molar-refractivity contribution is 5.95. The molecule has 5 N–H and O–H groups in total. The van der Waals surface area contributed by atoms with Gasteiger partial charge in [0.25, 0.3) is 0 Å². The molecule has 24 heavy (non-hydrogen) atoms. The summed E-state index contributed by atoms with van der Waals surface area (Å²) in [6, 6.07) is -0.512. The van der Waals surface area contributed by atoms with Crippen LogP contribution < -0.4 is 11.1 Å². The van der Waals surface area contributed by atoms with Gasteiger partial charge in [-0.25, -0.2) is 9.59 Å². The second-order valence-electron chi connectivity index (χ2n) is 5.26. The van der Waals surface area contributed by atoms with Crippen LogP contribution in [0.15, 0.2) is 11.8 Å². The van der Waals surface area contributed by atoms with Crippen LogP contribution in [0.3, 0.4) is 0 Å². The summed E-state index contributed by atoms with van der Waals surface area (Å²) in [6.45, 7) is 4.04. The summed E-state index contributed by atoms with van der Waals surface area (Å²) in [4.78, 5) is 44.4. The van der Waals surface area contributed by atoms with Crippen molar-refractivity contribution < 1.29 is 34.1 Å². The van der Waals surface area contributed by atoms with E-state index in [2.05, 4.69) is 10.1 Å². The van der Waals surface area contributed by atoms with Gasteiger partial charge in [0.1, 0.15) is 0 Å². The van der Waals surface area contributed by atoms with Crippen LogP contribution in [0.2, 0.25) is 0 Å². The third-order valence-corrected chi connectivity index (χ3v) is 3.25. The first kappa shape index (κ1) is 21.6. The highest BCUT2D eigenvalue weighted by Crippen LogP contribution is 2.13. The Bertz CT molecular complexity index is 502. The molecule has 0 spiro atoms. The molecule has 0 aromatic rings. The van der Waals surface area contributed by atoms with Gasteiger partial charge in [0.2, 0.25) is 11.7 Å². The van der Waals surface area contributed by atoms with Crippen molar-refractivity contribution in [2.75, 3.05) is 6.54 Å². The summed E-state index contributed by atoms with van der Waals surface area (Å²) >= 11 is 0. The zero-order chi connectivity index (χ0) is 18.7. The fraction of sp³-hybridized carbons (Fsp3) is 0.600. The summed E-state index contributed by atoms with van der Waals surface area (Å²) in [5, 5.41) is 20.3. The van der Waals surface area contributed by atoms with Gasteiger partial charge >= 0.3 is 17.9 Å². The lowest BCUT2D eigenvalue weighted by atomic mass is 9.99. The van der Waals surface area contributed by atoms with Crippen LogP contribution >= 0.6 is 0 Å². The SMILES string of the molecule is CCC[C@@H](CN[C@@H](CC)C(N)=O)CC(=O)O/C(=C/C(=O)O)C(=O)O. The maximum atomic E-state index is 11.8. The number of ether oxygens (including phenoxy) is 1. The minimum atomic E-state index is -1.64. The van der Waals surface area contributed by atoms with Gasteiger partial charge in [0.15, 0.2) is 0 Å². The van der Waals surface area contributed by atoms with E-state index in [1.54, 1.807) is 6.92 Å². The molecule has 0 unspecified atom stereocenters. The minimum Gasteiger partial charge on any atom is -0.478 e. The Labute approximate surface area is 139 Å². The number of hydrogen-bond acceptors (Lipinski definition) is 6. The van der Waals surface area contributed by atoms with Crippen molar-refractivity contribution in [2.24, 2.45) is 11.7 Å². The summed E-state index contributed by atoms with van der Waals surface area (Å²) in [7, 11) is 0. The van der Waals surface area contributed by atoms with E-state index >= 15 is 0 Å². The Morgan fingerprint density at radius 2 is 1.83 bits per heavy atom. The molecular formula is C15H24N2O7. The van der Waals surface area contributed by atoms with Gasteiger partial charge in [0.05, 0.1) is 12.1 Å². The standard InChI is InChI=1S/C15H24N2O7/c1-3-5-9(8-17-10(4-2)14(16)21)6-13(20)24-11(15(22)23)7-12(18)19/h7,9-10,17H,3-6,8H2,1-2H3,(H2,16,21)(H,18,19)(H,22,23)/b11-7+/t9-,10+/m1/s1. The van der Waals surface area contributed by atoms with E-state index in [0.29, 0.717) is 25.5 Å². The second-order valence-corrected chi connectivity index (χ2v) is 5.26. The average molecular weight is 344 g/mol. The Morgan fingerprint density at radius 3 is 2.25 bits per heavy atom. The monoisotopic (exact) mass is 344 g/mol. The fourth-order valence-electron chi connectivity index (χ4n) is 2.09. The topological polar surface area (TPSA) is 156 Å². The van der Waals surface area contributed by atoms with Gasteiger partial charge in [-0.1, -0.05) is 20.3 Å². The lowest BCUT2D eigenvalue weighted by Gasteiger charge is -2.19. The van der Waals surface area contributed by atoms with Crippen molar-refractivity contribution in [3.63, 3.8) is 0 Å². The van der Waals surface area contributed by atoms with Gasteiger partial charge in [-0.15, -0.1) is 0 Å². The maximum Gasteiger partial charge on any atom is 0.372 e.